The summed E-state index contributed by atoms with van der Waals surface area (Å²) in [5, 5.41) is 3.26. The number of benzene rings is 1. The highest BCUT2D eigenvalue weighted by Gasteiger charge is 2.42. The van der Waals surface area contributed by atoms with Crippen LogP contribution in [0.4, 0.5) is 4.39 Å². The summed E-state index contributed by atoms with van der Waals surface area (Å²) in [7, 11) is 3.36. The number of hydrogen-bond donors (Lipinski definition) is 1. The van der Waals surface area contributed by atoms with E-state index in [4.69, 9.17) is 9.47 Å². The summed E-state index contributed by atoms with van der Waals surface area (Å²) in [6.45, 7) is 6.31. The number of methoxy groups -OCH3 is 1. The average molecular weight is 281 g/mol. The first-order valence-corrected chi connectivity index (χ1v) is 7.16. The molecular weight excluding hydrogens is 257 g/mol. The van der Waals surface area contributed by atoms with Crippen LogP contribution >= 0.6 is 0 Å². The molecule has 2 rings (SSSR count). The standard InChI is InChI=1S/C16H24FNO2/c1-9-10(2)20-11(3)14(9)16(18-4)12-7-6-8-13(19-5)15(12)17/h6-11,14,16,18H,1-5H3. The molecule has 1 aliphatic rings. The summed E-state index contributed by atoms with van der Waals surface area (Å²) >= 11 is 0. The number of hydrogen-bond acceptors (Lipinski definition) is 3. The third-order valence-electron chi connectivity index (χ3n) is 4.56. The van der Waals surface area contributed by atoms with E-state index >= 15 is 0 Å². The van der Waals surface area contributed by atoms with Crippen LogP contribution in [0, 0.1) is 17.7 Å². The van der Waals surface area contributed by atoms with Crippen molar-refractivity contribution in [2.24, 2.45) is 11.8 Å². The molecule has 4 heteroatoms. The van der Waals surface area contributed by atoms with Crippen molar-refractivity contribution in [3.05, 3.63) is 29.6 Å². The van der Waals surface area contributed by atoms with Gasteiger partial charge in [0.15, 0.2) is 11.6 Å². The molecule has 0 bridgehead atoms. The van der Waals surface area contributed by atoms with E-state index in [0.717, 1.165) is 0 Å². The van der Waals surface area contributed by atoms with Gasteiger partial charge in [-0.25, -0.2) is 4.39 Å². The molecule has 1 aliphatic heterocycles. The van der Waals surface area contributed by atoms with E-state index in [2.05, 4.69) is 26.1 Å². The molecule has 5 unspecified atom stereocenters. The molecule has 112 valence electrons. The molecular formula is C16H24FNO2. The van der Waals surface area contributed by atoms with E-state index in [0.29, 0.717) is 11.5 Å². The van der Waals surface area contributed by atoms with Gasteiger partial charge in [-0.05, 0) is 32.9 Å². The van der Waals surface area contributed by atoms with E-state index < -0.39 is 0 Å². The molecule has 3 nitrogen and oxygen atoms in total. The predicted molar refractivity (Wildman–Crippen MR) is 77.4 cm³/mol. The monoisotopic (exact) mass is 281 g/mol. The van der Waals surface area contributed by atoms with Crippen LogP contribution < -0.4 is 10.1 Å². The van der Waals surface area contributed by atoms with E-state index in [9.17, 15) is 4.39 Å². The molecule has 20 heavy (non-hydrogen) atoms. The van der Waals surface area contributed by atoms with Crippen LogP contribution in [0.1, 0.15) is 32.4 Å². The molecule has 0 aromatic heterocycles. The number of nitrogens with one attached hydrogen (secondary N) is 1. The lowest BCUT2D eigenvalue weighted by Crippen LogP contribution is -2.33. The third kappa shape index (κ3) is 2.54. The molecule has 0 amide bonds. The molecule has 5 atom stereocenters. The topological polar surface area (TPSA) is 30.5 Å². The fourth-order valence-electron chi connectivity index (χ4n) is 3.35. The molecule has 0 saturated carbocycles. The Labute approximate surface area is 120 Å². The highest BCUT2D eigenvalue weighted by molar-refractivity contribution is 5.33. The van der Waals surface area contributed by atoms with Gasteiger partial charge in [0.2, 0.25) is 0 Å². The lowest BCUT2D eigenvalue weighted by molar-refractivity contribution is 0.0476. The Hall–Kier alpha value is -1.13. The van der Waals surface area contributed by atoms with Crippen molar-refractivity contribution < 1.29 is 13.9 Å². The third-order valence-corrected chi connectivity index (χ3v) is 4.56. The second-order valence-corrected chi connectivity index (χ2v) is 5.61. The second-order valence-electron chi connectivity index (χ2n) is 5.61. The Morgan fingerprint density at radius 1 is 1.25 bits per heavy atom. The van der Waals surface area contributed by atoms with E-state index in [-0.39, 0.29) is 35.7 Å². The zero-order valence-corrected chi connectivity index (χ0v) is 12.8. The molecule has 0 aliphatic carbocycles. The largest absolute Gasteiger partial charge is 0.494 e. The normalized spacial score (nSPS) is 31.3. The first-order chi connectivity index (χ1) is 9.51. The van der Waals surface area contributed by atoms with Gasteiger partial charge in [-0.2, -0.15) is 0 Å². The second kappa shape index (κ2) is 6.10. The highest BCUT2D eigenvalue weighted by Crippen LogP contribution is 2.41. The summed E-state index contributed by atoms with van der Waals surface area (Å²) in [6, 6.07) is 5.21. The van der Waals surface area contributed by atoms with Crippen LogP contribution in [0.15, 0.2) is 18.2 Å². The van der Waals surface area contributed by atoms with Crippen LogP contribution in [-0.2, 0) is 4.74 Å². The van der Waals surface area contributed by atoms with Crippen LogP contribution in [0.25, 0.3) is 0 Å². The lowest BCUT2D eigenvalue weighted by atomic mass is 9.80. The van der Waals surface area contributed by atoms with Gasteiger partial charge >= 0.3 is 0 Å². The van der Waals surface area contributed by atoms with Crippen molar-refractivity contribution in [1.29, 1.82) is 0 Å². The smallest absolute Gasteiger partial charge is 0.169 e. The summed E-state index contributed by atoms with van der Waals surface area (Å²) in [4.78, 5) is 0. The summed E-state index contributed by atoms with van der Waals surface area (Å²) in [5.74, 6) is 0.605. The molecule has 1 saturated heterocycles. The molecule has 1 aromatic rings. The van der Waals surface area contributed by atoms with Gasteiger partial charge in [-0.1, -0.05) is 19.1 Å². The minimum absolute atomic E-state index is 0.0833. The fraction of sp³-hybridized carbons (Fsp3) is 0.625. The number of rotatable bonds is 4. The van der Waals surface area contributed by atoms with Crippen molar-refractivity contribution in [2.45, 2.75) is 39.0 Å². The van der Waals surface area contributed by atoms with Crippen molar-refractivity contribution in [3.8, 4) is 5.75 Å². The Morgan fingerprint density at radius 2 is 1.95 bits per heavy atom. The Bertz CT molecular complexity index is 466. The van der Waals surface area contributed by atoms with Gasteiger partial charge in [0.25, 0.3) is 0 Å². The lowest BCUT2D eigenvalue weighted by Gasteiger charge is -2.29. The van der Waals surface area contributed by atoms with Gasteiger partial charge in [-0.3, -0.25) is 0 Å². The van der Waals surface area contributed by atoms with Gasteiger partial charge < -0.3 is 14.8 Å². The average Bonchev–Trinajstić information content (AvgIpc) is 2.68. The summed E-state index contributed by atoms with van der Waals surface area (Å²) < 4.78 is 25.5. The number of ether oxygens (including phenoxy) is 2. The van der Waals surface area contributed by atoms with Gasteiger partial charge in [0, 0.05) is 17.5 Å². The Morgan fingerprint density at radius 3 is 2.45 bits per heavy atom. The first kappa shape index (κ1) is 15.3. The van der Waals surface area contributed by atoms with Crippen LogP contribution in [0.5, 0.6) is 5.75 Å². The summed E-state index contributed by atoms with van der Waals surface area (Å²) in [6.07, 6.45) is 0.294. The maximum absolute atomic E-state index is 14.5. The van der Waals surface area contributed by atoms with Crippen molar-refractivity contribution >= 4 is 0 Å². The molecule has 1 heterocycles. The molecule has 0 radical (unpaired) electrons. The Balaban J connectivity index is 2.38. The summed E-state index contributed by atoms with van der Waals surface area (Å²) in [5.41, 5.74) is 0.647. The molecule has 1 fully saturated rings. The van der Waals surface area contributed by atoms with Crippen molar-refractivity contribution in [1.82, 2.24) is 5.32 Å². The number of halogens is 1. The first-order valence-electron chi connectivity index (χ1n) is 7.16. The van der Waals surface area contributed by atoms with E-state index in [1.165, 1.54) is 7.11 Å². The zero-order chi connectivity index (χ0) is 14.9. The zero-order valence-electron chi connectivity index (χ0n) is 12.8. The molecule has 0 spiro atoms. The van der Waals surface area contributed by atoms with Crippen molar-refractivity contribution in [2.75, 3.05) is 14.2 Å². The maximum Gasteiger partial charge on any atom is 0.169 e. The van der Waals surface area contributed by atoms with Crippen LogP contribution in [0.2, 0.25) is 0 Å². The SMILES string of the molecule is CNC(c1cccc(OC)c1F)C1C(C)OC(C)C1C. The quantitative estimate of drug-likeness (QED) is 0.919. The maximum atomic E-state index is 14.5. The minimum atomic E-state index is -0.284. The van der Waals surface area contributed by atoms with Crippen molar-refractivity contribution in [3.63, 3.8) is 0 Å². The van der Waals surface area contributed by atoms with E-state index in [1.54, 1.807) is 6.07 Å². The van der Waals surface area contributed by atoms with Gasteiger partial charge in [0.1, 0.15) is 0 Å². The molecule has 1 aromatic carbocycles. The molecule has 1 N–H and O–H groups in total. The van der Waals surface area contributed by atoms with E-state index in [1.807, 2.05) is 19.2 Å². The Kier molecular flexibility index (Phi) is 4.66. The van der Waals surface area contributed by atoms with Crippen LogP contribution in [-0.4, -0.2) is 26.4 Å². The fourth-order valence-corrected chi connectivity index (χ4v) is 3.35. The van der Waals surface area contributed by atoms with Crippen LogP contribution in [0.3, 0.4) is 0 Å². The minimum Gasteiger partial charge on any atom is -0.494 e. The predicted octanol–water partition coefficient (Wildman–Crippen LogP) is 3.15. The van der Waals surface area contributed by atoms with Gasteiger partial charge in [0.05, 0.1) is 19.3 Å². The van der Waals surface area contributed by atoms with Gasteiger partial charge in [-0.15, -0.1) is 0 Å². The highest BCUT2D eigenvalue weighted by atomic mass is 19.1.